The van der Waals surface area contributed by atoms with Gasteiger partial charge < -0.3 is 10.1 Å². The Morgan fingerprint density at radius 2 is 1.71 bits per heavy atom. The fraction of sp³-hybridized carbons (Fsp3) is 0.368. The quantitative estimate of drug-likeness (QED) is 0.777. The summed E-state index contributed by atoms with van der Waals surface area (Å²) < 4.78 is 5.52. The molecule has 0 saturated heterocycles. The van der Waals surface area contributed by atoms with Crippen LogP contribution in [0.3, 0.4) is 0 Å². The van der Waals surface area contributed by atoms with Crippen molar-refractivity contribution in [2.24, 2.45) is 0 Å². The zero-order valence-corrected chi connectivity index (χ0v) is 13.0. The Balaban J connectivity index is 2.10. The molecule has 112 valence electrons. The van der Waals surface area contributed by atoms with Crippen LogP contribution in [0.25, 0.3) is 0 Å². The van der Waals surface area contributed by atoms with E-state index in [0.29, 0.717) is 6.04 Å². The smallest absolute Gasteiger partial charge is 0.123 e. The van der Waals surface area contributed by atoms with Crippen molar-refractivity contribution in [3.8, 4) is 5.75 Å². The SMILES string of the molecule is CCCNC(CCc1ccccc1)c1ccccc1OC. The molecule has 0 fully saturated rings. The summed E-state index contributed by atoms with van der Waals surface area (Å²) in [5, 5.41) is 3.65. The first-order valence-corrected chi connectivity index (χ1v) is 7.75. The van der Waals surface area contributed by atoms with Gasteiger partial charge >= 0.3 is 0 Å². The second-order valence-electron chi connectivity index (χ2n) is 5.27. The molecule has 2 aromatic rings. The van der Waals surface area contributed by atoms with Crippen molar-refractivity contribution in [3.63, 3.8) is 0 Å². The first kappa shape index (κ1) is 15.6. The van der Waals surface area contributed by atoms with Crippen LogP contribution in [0.15, 0.2) is 54.6 Å². The Morgan fingerprint density at radius 3 is 2.43 bits per heavy atom. The molecule has 0 amide bonds. The number of rotatable bonds is 8. The van der Waals surface area contributed by atoms with Gasteiger partial charge in [-0.15, -0.1) is 0 Å². The molecule has 0 aliphatic rings. The van der Waals surface area contributed by atoms with Gasteiger partial charge in [0.05, 0.1) is 7.11 Å². The molecule has 21 heavy (non-hydrogen) atoms. The third-order valence-corrected chi connectivity index (χ3v) is 3.72. The van der Waals surface area contributed by atoms with E-state index in [4.69, 9.17) is 4.74 Å². The molecule has 0 spiro atoms. The molecule has 1 N–H and O–H groups in total. The Kier molecular flexibility index (Phi) is 6.29. The molecule has 0 radical (unpaired) electrons. The molecule has 1 unspecified atom stereocenters. The van der Waals surface area contributed by atoms with Crippen LogP contribution in [-0.4, -0.2) is 13.7 Å². The highest BCUT2D eigenvalue weighted by atomic mass is 16.5. The minimum absolute atomic E-state index is 0.335. The summed E-state index contributed by atoms with van der Waals surface area (Å²) in [4.78, 5) is 0. The van der Waals surface area contributed by atoms with Gasteiger partial charge in [-0.2, -0.15) is 0 Å². The van der Waals surface area contributed by atoms with Crippen molar-refractivity contribution in [2.45, 2.75) is 32.2 Å². The van der Waals surface area contributed by atoms with E-state index in [1.165, 1.54) is 11.1 Å². The van der Waals surface area contributed by atoms with Gasteiger partial charge in [-0.05, 0) is 37.4 Å². The van der Waals surface area contributed by atoms with E-state index in [9.17, 15) is 0 Å². The van der Waals surface area contributed by atoms with Crippen molar-refractivity contribution in [1.29, 1.82) is 0 Å². The maximum Gasteiger partial charge on any atom is 0.123 e. The normalized spacial score (nSPS) is 12.1. The fourth-order valence-electron chi connectivity index (χ4n) is 2.60. The van der Waals surface area contributed by atoms with E-state index < -0.39 is 0 Å². The number of methoxy groups -OCH3 is 1. The second-order valence-corrected chi connectivity index (χ2v) is 5.27. The predicted octanol–water partition coefficient (Wildman–Crippen LogP) is 4.37. The van der Waals surface area contributed by atoms with E-state index in [2.05, 4.69) is 54.7 Å². The number of nitrogens with one attached hydrogen (secondary N) is 1. The highest BCUT2D eigenvalue weighted by Crippen LogP contribution is 2.28. The van der Waals surface area contributed by atoms with E-state index in [-0.39, 0.29) is 0 Å². The lowest BCUT2D eigenvalue weighted by Crippen LogP contribution is -2.23. The van der Waals surface area contributed by atoms with Gasteiger partial charge in [-0.3, -0.25) is 0 Å². The standard InChI is InChI=1S/C19H25NO/c1-3-15-20-18(14-13-16-9-5-4-6-10-16)17-11-7-8-12-19(17)21-2/h4-12,18,20H,3,13-15H2,1-2H3. The number of para-hydroxylation sites is 1. The largest absolute Gasteiger partial charge is 0.496 e. The summed E-state index contributed by atoms with van der Waals surface area (Å²) in [6, 6.07) is 19.3. The van der Waals surface area contributed by atoms with Crippen LogP contribution in [0.1, 0.15) is 36.9 Å². The van der Waals surface area contributed by atoms with Gasteiger partial charge in [-0.25, -0.2) is 0 Å². The van der Waals surface area contributed by atoms with Gasteiger partial charge in [0.15, 0.2) is 0 Å². The first-order valence-electron chi connectivity index (χ1n) is 7.75. The molecular formula is C19H25NO. The molecule has 2 heteroatoms. The first-order chi connectivity index (χ1) is 10.3. The topological polar surface area (TPSA) is 21.3 Å². The van der Waals surface area contributed by atoms with Gasteiger partial charge in [0.25, 0.3) is 0 Å². The van der Waals surface area contributed by atoms with Crippen LogP contribution in [0.4, 0.5) is 0 Å². The average molecular weight is 283 g/mol. The summed E-state index contributed by atoms with van der Waals surface area (Å²) in [7, 11) is 1.74. The number of ether oxygens (including phenoxy) is 1. The molecule has 0 aliphatic carbocycles. The van der Waals surface area contributed by atoms with Crippen LogP contribution in [0.5, 0.6) is 5.75 Å². The number of aryl methyl sites for hydroxylation is 1. The lowest BCUT2D eigenvalue weighted by atomic mass is 9.98. The zero-order chi connectivity index (χ0) is 14.9. The van der Waals surface area contributed by atoms with E-state index >= 15 is 0 Å². The molecule has 0 aliphatic heterocycles. The Morgan fingerprint density at radius 1 is 1.00 bits per heavy atom. The van der Waals surface area contributed by atoms with Crippen LogP contribution in [-0.2, 0) is 6.42 Å². The minimum atomic E-state index is 0.335. The van der Waals surface area contributed by atoms with E-state index in [1.54, 1.807) is 7.11 Å². The predicted molar refractivity (Wildman–Crippen MR) is 88.8 cm³/mol. The second kappa shape index (κ2) is 8.48. The summed E-state index contributed by atoms with van der Waals surface area (Å²) in [6.07, 6.45) is 3.28. The Bertz CT molecular complexity index is 524. The molecular weight excluding hydrogens is 258 g/mol. The summed E-state index contributed by atoms with van der Waals surface area (Å²) in [5.41, 5.74) is 2.64. The molecule has 0 heterocycles. The Hall–Kier alpha value is -1.80. The maximum atomic E-state index is 5.52. The molecule has 2 aromatic carbocycles. The number of benzene rings is 2. The van der Waals surface area contributed by atoms with Crippen molar-refractivity contribution < 1.29 is 4.74 Å². The number of hydrogen-bond donors (Lipinski definition) is 1. The molecule has 0 bridgehead atoms. The van der Waals surface area contributed by atoms with Gasteiger partial charge in [0, 0.05) is 11.6 Å². The summed E-state index contributed by atoms with van der Waals surface area (Å²) >= 11 is 0. The van der Waals surface area contributed by atoms with E-state index in [0.717, 1.165) is 31.6 Å². The number of hydrogen-bond acceptors (Lipinski definition) is 2. The van der Waals surface area contributed by atoms with Crippen molar-refractivity contribution in [3.05, 3.63) is 65.7 Å². The highest BCUT2D eigenvalue weighted by molar-refractivity contribution is 5.36. The minimum Gasteiger partial charge on any atom is -0.496 e. The van der Waals surface area contributed by atoms with E-state index in [1.807, 2.05) is 12.1 Å². The Labute approximate surface area is 128 Å². The lowest BCUT2D eigenvalue weighted by molar-refractivity contribution is 0.395. The highest BCUT2D eigenvalue weighted by Gasteiger charge is 2.14. The molecule has 0 saturated carbocycles. The van der Waals surface area contributed by atoms with Crippen LogP contribution < -0.4 is 10.1 Å². The van der Waals surface area contributed by atoms with Gasteiger partial charge in [-0.1, -0.05) is 55.5 Å². The molecule has 1 atom stereocenters. The third kappa shape index (κ3) is 4.61. The van der Waals surface area contributed by atoms with Crippen molar-refractivity contribution in [1.82, 2.24) is 5.32 Å². The van der Waals surface area contributed by atoms with Gasteiger partial charge in [0.2, 0.25) is 0 Å². The summed E-state index contributed by atoms with van der Waals surface area (Å²) in [5.74, 6) is 0.971. The van der Waals surface area contributed by atoms with Crippen LogP contribution >= 0.6 is 0 Å². The molecule has 2 nitrogen and oxygen atoms in total. The molecule has 0 aromatic heterocycles. The fourth-order valence-corrected chi connectivity index (χ4v) is 2.60. The van der Waals surface area contributed by atoms with Gasteiger partial charge in [0.1, 0.15) is 5.75 Å². The molecule has 2 rings (SSSR count). The van der Waals surface area contributed by atoms with Crippen LogP contribution in [0.2, 0.25) is 0 Å². The summed E-state index contributed by atoms with van der Waals surface area (Å²) in [6.45, 7) is 3.22. The maximum absolute atomic E-state index is 5.52. The van der Waals surface area contributed by atoms with Crippen molar-refractivity contribution in [2.75, 3.05) is 13.7 Å². The zero-order valence-electron chi connectivity index (χ0n) is 13.0. The van der Waals surface area contributed by atoms with Crippen LogP contribution in [0, 0.1) is 0 Å². The third-order valence-electron chi connectivity index (χ3n) is 3.72. The average Bonchev–Trinajstić information content (AvgIpc) is 2.56. The monoisotopic (exact) mass is 283 g/mol. The van der Waals surface area contributed by atoms with Crippen molar-refractivity contribution >= 4 is 0 Å². The lowest BCUT2D eigenvalue weighted by Gasteiger charge is -2.21.